The zero-order chi connectivity index (χ0) is 12.7. The topological polar surface area (TPSA) is 44.2 Å². The van der Waals surface area contributed by atoms with Gasteiger partial charge in [0.05, 0.1) is 22.6 Å². The van der Waals surface area contributed by atoms with Gasteiger partial charge in [0.15, 0.2) is 0 Å². The van der Waals surface area contributed by atoms with Gasteiger partial charge in [-0.25, -0.2) is 0 Å². The summed E-state index contributed by atoms with van der Waals surface area (Å²) in [4.78, 5) is 8.54. The van der Waals surface area contributed by atoms with Gasteiger partial charge in [-0.1, -0.05) is 0 Å². The fourth-order valence-electron chi connectivity index (χ4n) is 1.74. The molecule has 1 fully saturated rings. The Morgan fingerprint density at radius 2 is 1.65 bits per heavy atom. The fourth-order valence-corrected chi connectivity index (χ4v) is 1.74. The first-order valence-electron chi connectivity index (χ1n) is 5.93. The molecule has 0 atom stereocenters. The molecule has 0 aromatic carbocycles. The molecule has 1 aliphatic heterocycles. The van der Waals surface area contributed by atoms with Crippen LogP contribution in [0.2, 0.25) is 0 Å². The molecular formula is C12H19BN2O2. The molecule has 0 unspecified atom stereocenters. The molecule has 0 aliphatic carbocycles. The minimum absolute atomic E-state index is 0.239. The van der Waals surface area contributed by atoms with Crippen LogP contribution in [-0.2, 0) is 15.6 Å². The summed E-state index contributed by atoms with van der Waals surface area (Å²) in [6.45, 7) is 10.1. The van der Waals surface area contributed by atoms with E-state index in [0.717, 1.165) is 11.4 Å². The Balaban J connectivity index is 2.05. The summed E-state index contributed by atoms with van der Waals surface area (Å²) in [5.74, 6) is 0. The Hall–Kier alpha value is -0.935. The van der Waals surface area contributed by atoms with Gasteiger partial charge in [0.25, 0.3) is 0 Å². The molecule has 92 valence electrons. The Morgan fingerprint density at radius 1 is 1.06 bits per heavy atom. The van der Waals surface area contributed by atoms with Crippen molar-refractivity contribution in [1.29, 1.82) is 0 Å². The Kier molecular flexibility index (Phi) is 3.00. The predicted molar refractivity (Wildman–Crippen MR) is 66.6 cm³/mol. The van der Waals surface area contributed by atoms with E-state index >= 15 is 0 Å². The Labute approximate surface area is 103 Å². The average Bonchev–Trinajstić information content (AvgIpc) is 2.39. The molecule has 17 heavy (non-hydrogen) atoms. The molecule has 2 rings (SSSR count). The lowest BCUT2D eigenvalue weighted by molar-refractivity contribution is 0.00578. The lowest BCUT2D eigenvalue weighted by atomic mass is 9.83. The second-order valence-corrected chi connectivity index (χ2v) is 5.54. The number of rotatable bonds is 2. The van der Waals surface area contributed by atoms with Crippen LogP contribution in [0.3, 0.4) is 0 Å². The first kappa shape index (κ1) is 12.5. The third-order valence-electron chi connectivity index (χ3n) is 3.51. The van der Waals surface area contributed by atoms with Crippen molar-refractivity contribution < 1.29 is 9.31 Å². The highest BCUT2D eigenvalue weighted by molar-refractivity contribution is 6.44. The molecule has 1 aromatic heterocycles. The highest BCUT2D eigenvalue weighted by Gasteiger charge is 2.50. The number of nitrogens with zero attached hydrogens (tertiary/aromatic N) is 2. The van der Waals surface area contributed by atoms with E-state index in [2.05, 4.69) is 9.97 Å². The van der Waals surface area contributed by atoms with Gasteiger partial charge >= 0.3 is 7.12 Å². The molecular weight excluding hydrogens is 215 g/mol. The van der Waals surface area contributed by atoms with E-state index in [4.69, 9.17) is 9.31 Å². The third-order valence-corrected chi connectivity index (χ3v) is 3.51. The van der Waals surface area contributed by atoms with Crippen molar-refractivity contribution in [3.63, 3.8) is 0 Å². The first-order valence-corrected chi connectivity index (χ1v) is 5.93. The largest absolute Gasteiger partial charge is 0.464 e. The molecule has 1 aliphatic rings. The van der Waals surface area contributed by atoms with Gasteiger partial charge in [0, 0.05) is 18.7 Å². The summed E-state index contributed by atoms with van der Waals surface area (Å²) < 4.78 is 11.8. The van der Waals surface area contributed by atoms with Gasteiger partial charge in [-0.3, -0.25) is 9.97 Å². The van der Waals surface area contributed by atoms with Crippen LogP contribution < -0.4 is 0 Å². The average molecular weight is 234 g/mol. The number of hydrogen-bond acceptors (Lipinski definition) is 4. The van der Waals surface area contributed by atoms with Gasteiger partial charge in [-0.15, -0.1) is 0 Å². The van der Waals surface area contributed by atoms with E-state index in [9.17, 15) is 0 Å². The summed E-state index contributed by atoms with van der Waals surface area (Å²) in [5, 5.41) is 0. The predicted octanol–water partition coefficient (Wildman–Crippen LogP) is 1.96. The standard InChI is InChI=1S/C12H19BN2O2/c1-9-7-15-10(8-14-9)6-13-16-11(2,3)12(4,5)17-13/h7-8H,6H2,1-5H3. The summed E-state index contributed by atoms with van der Waals surface area (Å²) in [6, 6.07) is 0. The molecule has 2 heterocycles. The molecule has 4 nitrogen and oxygen atoms in total. The zero-order valence-corrected chi connectivity index (χ0v) is 11.2. The van der Waals surface area contributed by atoms with Crippen LogP contribution in [0.4, 0.5) is 0 Å². The van der Waals surface area contributed by atoms with Crippen molar-refractivity contribution in [3.05, 3.63) is 23.8 Å². The molecule has 0 amide bonds. The summed E-state index contributed by atoms with van der Waals surface area (Å²) in [5.41, 5.74) is 1.25. The molecule has 1 aromatic rings. The Bertz CT molecular complexity index is 387. The normalized spacial score (nSPS) is 21.8. The zero-order valence-electron chi connectivity index (χ0n) is 11.2. The molecule has 0 saturated carbocycles. The molecule has 5 heteroatoms. The lowest BCUT2D eigenvalue weighted by Crippen LogP contribution is -2.41. The van der Waals surface area contributed by atoms with E-state index < -0.39 is 0 Å². The highest BCUT2D eigenvalue weighted by atomic mass is 16.7. The SMILES string of the molecule is Cc1cnc(CB2OC(C)(C)C(C)(C)O2)cn1. The second kappa shape index (κ2) is 4.07. The van der Waals surface area contributed by atoms with E-state index in [1.165, 1.54) is 0 Å². The van der Waals surface area contributed by atoms with E-state index in [1.807, 2.05) is 34.6 Å². The van der Waals surface area contributed by atoms with Crippen LogP contribution in [0.1, 0.15) is 39.1 Å². The second-order valence-electron chi connectivity index (χ2n) is 5.54. The monoisotopic (exact) mass is 234 g/mol. The fraction of sp³-hybridized carbons (Fsp3) is 0.667. The maximum atomic E-state index is 5.91. The van der Waals surface area contributed by atoms with Crippen LogP contribution in [0.5, 0.6) is 0 Å². The van der Waals surface area contributed by atoms with Gasteiger partial charge in [-0.2, -0.15) is 0 Å². The molecule has 1 saturated heterocycles. The lowest BCUT2D eigenvalue weighted by Gasteiger charge is -2.32. The minimum atomic E-state index is -0.282. The number of aromatic nitrogens is 2. The van der Waals surface area contributed by atoms with Crippen molar-refractivity contribution in [2.45, 2.75) is 52.1 Å². The molecule has 0 N–H and O–H groups in total. The van der Waals surface area contributed by atoms with E-state index in [1.54, 1.807) is 12.4 Å². The van der Waals surface area contributed by atoms with Crippen LogP contribution in [-0.4, -0.2) is 28.3 Å². The molecule has 0 bridgehead atoms. The minimum Gasteiger partial charge on any atom is -0.403 e. The van der Waals surface area contributed by atoms with Crippen molar-refractivity contribution in [1.82, 2.24) is 9.97 Å². The van der Waals surface area contributed by atoms with Crippen molar-refractivity contribution >= 4 is 7.12 Å². The van der Waals surface area contributed by atoms with Crippen LogP contribution in [0.15, 0.2) is 12.4 Å². The summed E-state index contributed by atoms with van der Waals surface area (Å²) in [7, 11) is -0.239. The summed E-state index contributed by atoms with van der Waals surface area (Å²) >= 11 is 0. The first-order chi connectivity index (χ1) is 7.80. The van der Waals surface area contributed by atoms with Gasteiger partial charge in [0.2, 0.25) is 0 Å². The number of hydrogen-bond donors (Lipinski definition) is 0. The molecule has 0 spiro atoms. The third kappa shape index (κ3) is 2.50. The van der Waals surface area contributed by atoms with Crippen molar-refractivity contribution in [2.75, 3.05) is 0 Å². The van der Waals surface area contributed by atoms with Crippen LogP contribution in [0, 0.1) is 6.92 Å². The van der Waals surface area contributed by atoms with Gasteiger partial charge in [0.1, 0.15) is 0 Å². The van der Waals surface area contributed by atoms with Crippen LogP contribution in [0.25, 0.3) is 0 Å². The Morgan fingerprint density at radius 3 is 2.12 bits per heavy atom. The smallest absolute Gasteiger partial charge is 0.403 e. The van der Waals surface area contributed by atoms with E-state index in [0.29, 0.717) is 6.32 Å². The molecule has 0 radical (unpaired) electrons. The summed E-state index contributed by atoms with van der Waals surface area (Å²) in [6.07, 6.45) is 4.18. The highest BCUT2D eigenvalue weighted by Crippen LogP contribution is 2.37. The quantitative estimate of drug-likeness (QED) is 0.733. The number of aryl methyl sites for hydroxylation is 1. The maximum absolute atomic E-state index is 5.91. The van der Waals surface area contributed by atoms with Gasteiger partial charge in [-0.05, 0) is 34.6 Å². The van der Waals surface area contributed by atoms with Gasteiger partial charge < -0.3 is 9.31 Å². The van der Waals surface area contributed by atoms with Crippen molar-refractivity contribution in [2.24, 2.45) is 0 Å². The van der Waals surface area contributed by atoms with Crippen LogP contribution >= 0.6 is 0 Å². The van der Waals surface area contributed by atoms with E-state index in [-0.39, 0.29) is 18.3 Å². The van der Waals surface area contributed by atoms with Crippen molar-refractivity contribution in [3.8, 4) is 0 Å². The maximum Gasteiger partial charge on any atom is 0.464 e.